The Kier molecular flexibility index (Phi) is 6.65. The van der Waals surface area contributed by atoms with E-state index in [4.69, 9.17) is 27.9 Å². The Morgan fingerprint density at radius 1 is 1.15 bits per heavy atom. The van der Waals surface area contributed by atoms with Gasteiger partial charge in [-0.3, -0.25) is 4.98 Å². The van der Waals surface area contributed by atoms with Gasteiger partial charge in [0.2, 0.25) is 0 Å². The number of hydrogen-bond acceptors (Lipinski definition) is 4. The number of halogens is 2. The normalized spacial score (nSPS) is 17.3. The predicted octanol–water partition coefficient (Wildman–Crippen LogP) is 7.07. The van der Waals surface area contributed by atoms with E-state index in [1.54, 1.807) is 0 Å². The highest BCUT2D eigenvalue weighted by atomic mass is 35.5. The van der Waals surface area contributed by atoms with Crippen LogP contribution in [0.2, 0.25) is 10.0 Å². The fourth-order valence-corrected chi connectivity index (χ4v) is 5.10. The first-order valence-electron chi connectivity index (χ1n) is 11.9. The molecule has 0 saturated heterocycles. The lowest BCUT2D eigenvalue weighted by atomic mass is 9.94. The molecule has 34 heavy (non-hydrogen) atoms. The van der Waals surface area contributed by atoms with Gasteiger partial charge < -0.3 is 14.8 Å². The van der Waals surface area contributed by atoms with Crippen LogP contribution in [0.3, 0.4) is 0 Å². The quantitative estimate of drug-likeness (QED) is 0.306. The second-order valence-electron chi connectivity index (χ2n) is 9.44. The second kappa shape index (κ2) is 9.69. The van der Waals surface area contributed by atoms with Crippen LogP contribution in [-0.2, 0) is 16.9 Å². The topological polar surface area (TPSA) is 51.2 Å². The van der Waals surface area contributed by atoms with Gasteiger partial charge in [0.25, 0.3) is 0 Å². The second-order valence-corrected chi connectivity index (χ2v) is 10.3. The van der Waals surface area contributed by atoms with Gasteiger partial charge in [0.05, 0.1) is 6.10 Å². The van der Waals surface area contributed by atoms with Crippen molar-refractivity contribution in [1.29, 1.82) is 0 Å². The highest BCUT2D eigenvalue weighted by Gasteiger charge is 2.46. The van der Waals surface area contributed by atoms with E-state index in [2.05, 4.69) is 34.6 Å². The average Bonchev–Trinajstić information content (AvgIpc) is 3.77. The molecule has 3 aromatic rings. The molecule has 1 heterocycles. The molecule has 1 aromatic heterocycles. The smallest absolute Gasteiger partial charge is 0.127 e. The van der Waals surface area contributed by atoms with Crippen molar-refractivity contribution >= 4 is 29.5 Å². The molecule has 0 radical (unpaired) electrons. The maximum absolute atomic E-state index is 10.9. The number of nitrogens with zero attached hydrogens (tertiary/aromatic N) is 1. The van der Waals surface area contributed by atoms with Gasteiger partial charge in [-0.2, -0.15) is 0 Å². The monoisotopic (exact) mass is 494 g/mol. The number of para-hydroxylation sites is 1. The van der Waals surface area contributed by atoms with Gasteiger partial charge in [0.1, 0.15) is 12.0 Å². The molecule has 1 atom stereocenters. The molecular weight excluding hydrogens is 467 g/mol. The number of carbonyl (C=O) groups is 1. The van der Waals surface area contributed by atoms with Crippen LogP contribution in [0, 0.1) is 0 Å². The standard InChI is InChI=1S/C28H28Cl2N2O2/c1-18(9-13-33)23-15-25(29)19(14-26(23)30)16-32-28(10-11-28)24-17-31-12-8-21(24)22-4-2-3-5-27(22)34-20-6-7-20/h2-5,8,12-15,17-18,20,32H,6-7,9-11,16H2,1H3. The van der Waals surface area contributed by atoms with E-state index in [9.17, 15) is 4.79 Å². The van der Waals surface area contributed by atoms with Crippen molar-refractivity contribution in [3.8, 4) is 16.9 Å². The largest absolute Gasteiger partial charge is 0.490 e. The first-order chi connectivity index (χ1) is 16.5. The fourth-order valence-electron chi connectivity index (χ4n) is 4.49. The maximum atomic E-state index is 10.9. The molecule has 0 bridgehead atoms. The molecule has 2 aromatic carbocycles. The van der Waals surface area contributed by atoms with Crippen LogP contribution < -0.4 is 10.1 Å². The third-order valence-corrected chi connectivity index (χ3v) is 7.52. The van der Waals surface area contributed by atoms with Crippen molar-refractivity contribution < 1.29 is 9.53 Å². The summed E-state index contributed by atoms with van der Waals surface area (Å²) in [5, 5.41) is 5.06. The van der Waals surface area contributed by atoms with Crippen LogP contribution in [0.1, 0.15) is 61.6 Å². The molecule has 6 heteroatoms. The molecule has 4 nitrogen and oxygen atoms in total. The zero-order valence-electron chi connectivity index (χ0n) is 19.2. The summed E-state index contributed by atoms with van der Waals surface area (Å²) >= 11 is 13.2. The van der Waals surface area contributed by atoms with Crippen LogP contribution >= 0.6 is 23.2 Å². The van der Waals surface area contributed by atoms with Crippen LogP contribution in [0.4, 0.5) is 0 Å². The molecular formula is C28H28Cl2N2O2. The molecule has 5 rings (SSSR count). The van der Waals surface area contributed by atoms with Crippen LogP contribution in [0.5, 0.6) is 5.75 Å². The van der Waals surface area contributed by atoms with Gasteiger partial charge in [-0.05, 0) is 78.1 Å². The lowest BCUT2D eigenvalue weighted by Gasteiger charge is -2.23. The summed E-state index contributed by atoms with van der Waals surface area (Å²) in [6.07, 6.45) is 9.80. The summed E-state index contributed by atoms with van der Waals surface area (Å²) in [6, 6.07) is 14.2. The van der Waals surface area contributed by atoms with Gasteiger partial charge in [0, 0.05) is 46.5 Å². The molecule has 1 N–H and O–H groups in total. The summed E-state index contributed by atoms with van der Waals surface area (Å²) in [7, 11) is 0. The van der Waals surface area contributed by atoms with Crippen LogP contribution in [0.25, 0.3) is 11.1 Å². The van der Waals surface area contributed by atoms with Crippen molar-refractivity contribution in [2.24, 2.45) is 0 Å². The van der Waals surface area contributed by atoms with Crippen molar-refractivity contribution in [3.05, 3.63) is 81.6 Å². The molecule has 0 spiro atoms. The summed E-state index contributed by atoms with van der Waals surface area (Å²) in [4.78, 5) is 15.4. The van der Waals surface area contributed by atoms with Crippen molar-refractivity contribution in [2.75, 3.05) is 0 Å². The fraction of sp³-hybridized carbons (Fsp3) is 0.357. The van der Waals surface area contributed by atoms with E-state index < -0.39 is 0 Å². The summed E-state index contributed by atoms with van der Waals surface area (Å²) in [6.45, 7) is 2.58. The molecule has 1 unspecified atom stereocenters. The highest BCUT2D eigenvalue weighted by molar-refractivity contribution is 6.34. The molecule has 176 valence electrons. The zero-order valence-corrected chi connectivity index (χ0v) is 20.7. The zero-order chi connectivity index (χ0) is 23.7. The number of carbonyl (C=O) groups excluding carboxylic acids is 1. The van der Waals surface area contributed by atoms with Crippen molar-refractivity contribution in [3.63, 3.8) is 0 Å². The number of rotatable bonds is 10. The van der Waals surface area contributed by atoms with E-state index in [0.29, 0.717) is 29.1 Å². The number of aldehydes is 1. The lowest BCUT2D eigenvalue weighted by Crippen LogP contribution is -2.29. The Labute approximate surface area is 210 Å². The van der Waals surface area contributed by atoms with Gasteiger partial charge >= 0.3 is 0 Å². The minimum Gasteiger partial charge on any atom is -0.490 e. The minimum absolute atomic E-state index is 0.0372. The molecule has 0 aliphatic heterocycles. The van der Waals surface area contributed by atoms with E-state index in [-0.39, 0.29) is 11.5 Å². The third kappa shape index (κ3) is 4.86. The average molecular weight is 495 g/mol. The lowest BCUT2D eigenvalue weighted by molar-refractivity contribution is -0.108. The van der Waals surface area contributed by atoms with E-state index in [1.807, 2.05) is 37.5 Å². The Morgan fingerprint density at radius 2 is 1.94 bits per heavy atom. The van der Waals surface area contributed by atoms with Crippen molar-refractivity contribution in [2.45, 2.75) is 63.1 Å². The van der Waals surface area contributed by atoms with Crippen LogP contribution in [-0.4, -0.2) is 17.4 Å². The first-order valence-corrected chi connectivity index (χ1v) is 12.6. The number of pyridine rings is 1. The highest BCUT2D eigenvalue weighted by Crippen LogP contribution is 2.50. The van der Waals surface area contributed by atoms with Gasteiger partial charge in [-0.25, -0.2) is 0 Å². The van der Waals surface area contributed by atoms with Gasteiger partial charge in [0.15, 0.2) is 0 Å². The Balaban J connectivity index is 1.40. The Morgan fingerprint density at radius 3 is 2.68 bits per heavy atom. The molecule has 2 aliphatic carbocycles. The summed E-state index contributed by atoms with van der Waals surface area (Å²) in [5.74, 6) is 0.971. The Bertz CT molecular complexity index is 1200. The minimum atomic E-state index is -0.157. The number of hydrogen-bond donors (Lipinski definition) is 1. The number of benzene rings is 2. The number of aromatic nitrogens is 1. The SMILES string of the molecule is CC(CC=O)c1cc(Cl)c(CNC2(c3cnccc3-c3ccccc3OC3CC3)CC2)cc1Cl. The first kappa shape index (κ1) is 23.3. The van der Waals surface area contributed by atoms with Crippen molar-refractivity contribution in [1.82, 2.24) is 10.3 Å². The molecule has 2 aliphatic rings. The maximum Gasteiger partial charge on any atom is 0.127 e. The molecule has 0 amide bonds. The van der Waals surface area contributed by atoms with E-state index >= 15 is 0 Å². The third-order valence-electron chi connectivity index (χ3n) is 6.85. The Hall–Kier alpha value is -2.40. The predicted molar refractivity (Wildman–Crippen MR) is 137 cm³/mol. The van der Waals surface area contributed by atoms with Gasteiger partial charge in [-0.1, -0.05) is 48.3 Å². The molecule has 2 fully saturated rings. The summed E-state index contributed by atoms with van der Waals surface area (Å²) < 4.78 is 6.21. The van der Waals surface area contributed by atoms with Gasteiger partial charge in [-0.15, -0.1) is 0 Å². The number of nitrogens with one attached hydrogen (secondary N) is 1. The number of ether oxygens (including phenoxy) is 1. The van der Waals surface area contributed by atoms with E-state index in [0.717, 1.165) is 60.0 Å². The summed E-state index contributed by atoms with van der Waals surface area (Å²) in [5.41, 5.74) is 5.14. The van der Waals surface area contributed by atoms with E-state index in [1.165, 1.54) is 5.56 Å². The molecule has 2 saturated carbocycles. The van der Waals surface area contributed by atoms with Crippen LogP contribution in [0.15, 0.2) is 54.9 Å².